The van der Waals surface area contributed by atoms with Crippen molar-refractivity contribution in [3.8, 4) is 0 Å². The third-order valence-electron chi connectivity index (χ3n) is 6.23. The lowest BCUT2D eigenvalue weighted by molar-refractivity contribution is -0.154. The van der Waals surface area contributed by atoms with Crippen molar-refractivity contribution in [2.75, 3.05) is 19.6 Å². The Bertz CT molecular complexity index is 807. The molecule has 0 radical (unpaired) electrons. The Hall–Kier alpha value is -1.86. The van der Waals surface area contributed by atoms with Gasteiger partial charge in [-0.2, -0.15) is 13.2 Å². The van der Waals surface area contributed by atoms with Crippen LogP contribution in [0.2, 0.25) is 0 Å². The lowest BCUT2D eigenvalue weighted by Gasteiger charge is -2.39. The van der Waals surface area contributed by atoms with Crippen LogP contribution in [0.4, 0.5) is 13.2 Å². The number of allylic oxidation sites excluding steroid dienone is 2. The van der Waals surface area contributed by atoms with Gasteiger partial charge in [0.15, 0.2) is 0 Å². The molecule has 0 saturated carbocycles. The second-order valence-electron chi connectivity index (χ2n) is 9.15. The van der Waals surface area contributed by atoms with Crippen molar-refractivity contribution in [3.05, 3.63) is 41.0 Å². The number of likely N-dealkylation sites (tertiary alicyclic amines) is 1. The minimum Gasteiger partial charge on any atom is -0.385 e. The Labute approximate surface area is 169 Å². The molecule has 3 N–H and O–H groups in total. The zero-order valence-corrected chi connectivity index (χ0v) is 17.0. The maximum atomic E-state index is 12.6. The Kier molecular flexibility index (Phi) is 5.84. The van der Waals surface area contributed by atoms with Crippen LogP contribution in [-0.4, -0.2) is 41.7 Å². The summed E-state index contributed by atoms with van der Waals surface area (Å²) in [5.74, 6) is -0.524. The van der Waals surface area contributed by atoms with Crippen LogP contribution in [0, 0.1) is 5.41 Å². The van der Waals surface area contributed by atoms with E-state index >= 15 is 0 Å². The monoisotopic (exact) mass is 410 g/mol. The molecule has 0 bridgehead atoms. The molecule has 160 valence electrons. The lowest BCUT2D eigenvalue weighted by Crippen LogP contribution is -2.45. The van der Waals surface area contributed by atoms with Gasteiger partial charge in [-0.05, 0) is 66.4 Å². The van der Waals surface area contributed by atoms with Crippen LogP contribution in [0.5, 0.6) is 0 Å². The summed E-state index contributed by atoms with van der Waals surface area (Å²) in [4.78, 5) is 13.3. The number of benzene rings is 1. The van der Waals surface area contributed by atoms with Crippen molar-refractivity contribution in [1.82, 2.24) is 4.90 Å². The summed E-state index contributed by atoms with van der Waals surface area (Å²) in [5.41, 5.74) is 7.39. The van der Waals surface area contributed by atoms with Crippen molar-refractivity contribution in [1.29, 1.82) is 0 Å². The van der Waals surface area contributed by atoms with E-state index in [1.165, 1.54) is 4.90 Å². The number of alkyl halides is 3. The highest BCUT2D eigenvalue weighted by Gasteiger charge is 2.38. The number of nitrogens with zero attached hydrogens (tertiary/aromatic N) is 1. The molecule has 1 aromatic carbocycles. The van der Waals surface area contributed by atoms with Gasteiger partial charge in [-0.25, -0.2) is 0 Å². The Morgan fingerprint density at radius 3 is 2.38 bits per heavy atom. The van der Waals surface area contributed by atoms with E-state index in [4.69, 9.17) is 5.73 Å². The van der Waals surface area contributed by atoms with Crippen LogP contribution >= 0.6 is 0 Å². The molecule has 1 aliphatic heterocycles. The van der Waals surface area contributed by atoms with Gasteiger partial charge in [0.1, 0.15) is 0 Å². The maximum absolute atomic E-state index is 12.6. The number of aliphatic hydroxyl groups is 1. The van der Waals surface area contributed by atoms with E-state index in [0.717, 1.165) is 30.4 Å². The first-order valence-corrected chi connectivity index (χ1v) is 10.0. The van der Waals surface area contributed by atoms with Crippen LogP contribution < -0.4 is 5.73 Å². The topological polar surface area (TPSA) is 66.6 Å². The maximum Gasteiger partial charge on any atom is 0.401 e. The highest BCUT2D eigenvalue weighted by Crippen LogP contribution is 2.41. The molecule has 0 aromatic heterocycles. The molecule has 1 aromatic rings. The summed E-state index contributed by atoms with van der Waals surface area (Å²) in [6.45, 7) is 3.77. The van der Waals surface area contributed by atoms with Crippen molar-refractivity contribution < 1.29 is 23.1 Å². The van der Waals surface area contributed by atoms with E-state index in [9.17, 15) is 23.1 Å². The average molecular weight is 410 g/mol. The molecule has 1 aliphatic carbocycles. The van der Waals surface area contributed by atoms with Crippen LogP contribution in [0.25, 0.3) is 5.57 Å². The molecule has 0 atom stereocenters. The molecule has 4 nitrogen and oxygen atoms in total. The second-order valence-corrected chi connectivity index (χ2v) is 9.15. The van der Waals surface area contributed by atoms with Crippen LogP contribution in [-0.2, 0) is 5.60 Å². The van der Waals surface area contributed by atoms with Gasteiger partial charge in [0, 0.05) is 18.7 Å². The number of hydrogen-bond donors (Lipinski definition) is 2. The summed E-state index contributed by atoms with van der Waals surface area (Å²) < 4.78 is 37.9. The fourth-order valence-electron chi connectivity index (χ4n) is 4.26. The normalized spacial score (nSPS) is 22.2. The number of piperidine rings is 1. The molecular weight excluding hydrogens is 381 g/mol. The van der Waals surface area contributed by atoms with Gasteiger partial charge in [-0.1, -0.05) is 26.0 Å². The molecular formula is C22H29F3N2O2. The smallest absolute Gasteiger partial charge is 0.385 e. The van der Waals surface area contributed by atoms with Crippen molar-refractivity contribution >= 4 is 11.5 Å². The molecule has 2 aliphatic rings. The predicted octanol–water partition coefficient (Wildman–Crippen LogP) is 4.22. The molecule has 1 saturated heterocycles. The van der Waals surface area contributed by atoms with Gasteiger partial charge in [0.25, 0.3) is 0 Å². The van der Waals surface area contributed by atoms with E-state index in [1.807, 2.05) is 6.07 Å². The molecule has 0 spiro atoms. The van der Waals surface area contributed by atoms with E-state index in [2.05, 4.69) is 19.9 Å². The number of hydrogen-bond acceptors (Lipinski definition) is 3. The summed E-state index contributed by atoms with van der Waals surface area (Å²) in [7, 11) is 0. The number of primary amides is 1. The quantitative estimate of drug-likeness (QED) is 0.781. The van der Waals surface area contributed by atoms with E-state index < -0.39 is 24.2 Å². The molecule has 29 heavy (non-hydrogen) atoms. The molecule has 3 rings (SSSR count). The number of rotatable bonds is 4. The third-order valence-corrected chi connectivity index (χ3v) is 6.23. The third kappa shape index (κ3) is 5.20. The predicted molar refractivity (Wildman–Crippen MR) is 106 cm³/mol. The van der Waals surface area contributed by atoms with Gasteiger partial charge in [-0.15, -0.1) is 0 Å². The van der Waals surface area contributed by atoms with Crippen LogP contribution in [0.3, 0.4) is 0 Å². The van der Waals surface area contributed by atoms with Crippen molar-refractivity contribution in [2.45, 2.75) is 57.7 Å². The van der Waals surface area contributed by atoms with Gasteiger partial charge < -0.3 is 10.8 Å². The van der Waals surface area contributed by atoms with Crippen LogP contribution in [0.1, 0.15) is 67.4 Å². The van der Waals surface area contributed by atoms with E-state index in [0.29, 0.717) is 11.1 Å². The first kappa shape index (κ1) is 21.8. The van der Waals surface area contributed by atoms with Crippen molar-refractivity contribution in [2.24, 2.45) is 11.1 Å². The van der Waals surface area contributed by atoms with E-state index in [-0.39, 0.29) is 31.3 Å². The number of carbonyl (C=O) groups excluding carboxylic acids is 1. The van der Waals surface area contributed by atoms with E-state index in [1.54, 1.807) is 12.1 Å². The molecule has 1 heterocycles. The fraction of sp³-hybridized carbons (Fsp3) is 0.591. The first-order valence-electron chi connectivity index (χ1n) is 10.0. The Morgan fingerprint density at radius 1 is 1.21 bits per heavy atom. The zero-order chi connectivity index (χ0) is 21.4. The van der Waals surface area contributed by atoms with Crippen LogP contribution in [0.15, 0.2) is 24.3 Å². The average Bonchev–Trinajstić information content (AvgIpc) is 2.62. The molecule has 1 amide bonds. The van der Waals surface area contributed by atoms with Crippen molar-refractivity contribution in [3.63, 3.8) is 0 Å². The summed E-state index contributed by atoms with van der Waals surface area (Å²) in [6, 6.07) is 5.12. The number of halogens is 3. The number of amides is 1. The summed E-state index contributed by atoms with van der Waals surface area (Å²) in [6.07, 6.45) is 1.00. The molecule has 1 fully saturated rings. The highest BCUT2D eigenvalue weighted by molar-refractivity contribution is 5.98. The second kappa shape index (κ2) is 7.76. The minimum absolute atomic E-state index is 0.166. The first-order chi connectivity index (χ1) is 13.4. The summed E-state index contributed by atoms with van der Waals surface area (Å²) >= 11 is 0. The Balaban J connectivity index is 1.86. The number of carbonyl (C=O) groups is 1. The van der Waals surface area contributed by atoms with Gasteiger partial charge in [0.05, 0.1) is 12.1 Å². The minimum atomic E-state index is -4.24. The standard InChI is InChI=1S/C22H29F3N2O2/c1-20(2)7-5-15(6-8-20)18-13-16(3-4-17(18)19(26)28)21(29)9-11-27(12-10-21)14-22(23,24)25/h3-5,13,29H,6-12,14H2,1-2H3,(H2,26,28). The van der Waals surface area contributed by atoms with Gasteiger partial charge >= 0.3 is 6.18 Å². The zero-order valence-electron chi connectivity index (χ0n) is 17.0. The molecule has 0 unspecified atom stereocenters. The summed E-state index contributed by atoms with van der Waals surface area (Å²) in [5, 5.41) is 11.2. The SMILES string of the molecule is CC1(C)CC=C(c2cc(C3(O)CCN(CC(F)(F)F)CC3)ccc2C(N)=O)CC1. The van der Waals surface area contributed by atoms with Gasteiger partial charge in [0.2, 0.25) is 5.91 Å². The van der Waals surface area contributed by atoms with Gasteiger partial charge in [-0.3, -0.25) is 9.69 Å². The lowest BCUT2D eigenvalue weighted by atomic mass is 9.75. The largest absolute Gasteiger partial charge is 0.401 e. The Morgan fingerprint density at radius 2 is 1.86 bits per heavy atom. The molecule has 7 heteroatoms. The fourth-order valence-corrected chi connectivity index (χ4v) is 4.26. The number of nitrogens with two attached hydrogens (primary N) is 1. The highest BCUT2D eigenvalue weighted by atomic mass is 19.4.